The van der Waals surface area contributed by atoms with E-state index in [-0.39, 0.29) is 11.9 Å². The lowest BCUT2D eigenvalue weighted by atomic mass is 10.0. The van der Waals surface area contributed by atoms with Gasteiger partial charge in [0.15, 0.2) is 0 Å². The summed E-state index contributed by atoms with van der Waals surface area (Å²) in [5.74, 6) is -0.0176. The molecule has 1 fully saturated rings. The predicted octanol–water partition coefficient (Wildman–Crippen LogP) is 2.80. The Hall–Kier alpha value is -2.93. The minimum atomic E-state index is -0.157. The maximum Gasteiger partial charge on any atom is 0.272 e. The molecule has 0 saturated carbocycles. The molecule has 29 heavy (non-hydrogen) atoms. The third kappa shape index (κ3) is 3.70. The Kier molecular flexibility index (Phi) is 5.24. The molecule has 1 saturated heterocycles. The van der Waals surface area contributed by atoms with E-state index in [1.54, 1.807) is 4.68 Å². The summed E-state index contributed by atoms with van der Waals surface area (Å²) in [6.07, 6.45) is 0. The zero-order valence-electron chi connectivity index (χ0n) is 17.4. The van der Waals surface area contributed by atoms with Crippen LogP contribution in [0.15, 0.2) is 36.4 Å². The van der Waals surface area contributed by atoms with Crippen LogP contribution in [-0.4, -0.2) is 50.1 Å². The van der Waals surface area contributed by atoms with E-state index in [2.05, 4.69) is 24.2 Å². The number of carbonyl (C=O) groups is 1. The monoisotopic (exact) mass is 393 g/mol. The first-order valence-corrected chi connectivity index (χ1v) is 9.93. The van der Waals surface area contributed by atoms with Crippen molar-refractivity contribution in [3.63, 3.8) is 0 Å². The number of ether oxygens (including phenoxy) is 1. The van der Waals surface area contributed by atoms with Gasteiger partial charge >= 0.3 is 0 Å². The molecule has 0 aliphatic carbocycles. The number of morpholine rings is 1. The van der Waals surface area contributed by atoms with Crippen LogP contribution in [0, 0.1) is 20.8 Å². The lowest BCUT2D eigenvalue weighted by Gasteiger charge is -2.36. The van der Waals surface area contributed by atoms with Crippen molar-refractivity contribution in [2.24, 2.45) is 7.05 Å². The van der Waals surface area contributed by atoms with Crippen LogP contribution in [0.4, 0.5) is 0 Å². The fourth-order valence-corrected chi connectivity index (χ4v) is 4.15. The van der Waals surface area contributed by atoms with E-state index in [1.165, 1.54) is 5.56 Å². The minimum absolute atomic E-state index is 0.0176. The molecule has 0 spiro atoms. The first-order chi connectivity index (χ1) is 14.0. The van der Waals surface area contributed by atoms with E-state index >= 15 is 0 Å². The highest BCUT2D eigenvalue weighted by Gasteiger charge is 2.34. The molecule has 3 heterocycles. The molecule has 0 radical (unpaired) electrons. The van der Waals surface area contributed by atoms with Gasteiger partial charge in [0.25, 0.3) is 5.91 Å². The van der Waals surface area contributed by atoms with Crippen LogP contribution in [0.5, 0.6) is 0 Å². The molecule has 1 aromatic carbocycles. The van der Waals surface area contributed by atoms with Crippen LogP contribution in [0.25, 0.3) is 0 Å². The van der Waals surface area contributed by atoms with Crippen LogP contribution in [-0.2, 0) is 18.3 Å². The second kappa shape index (κ2) is 7.83. The Bertz CT molecular complexity index is 1020. The summed E-state index contributed by atoms with van der Waals surface area (Å²) in [4.78, 5) is 15.2. The average Bonchev–Trinajstić information content (AvgIpc) is 3.19. The summed E-state index contributed by atoms with van der Waals surface area (Å²) >= 11 is 0. The topological polar surface area (TPSA) is 65.2 Å². The number of amides is 1. The third-order valence-electron chi connectivity index (χ3n) is 5.56. The molecule has 0 N–H and O–H groups in total. The quantitative estimate of drug-likeness (QED) is 0.684. The molecule has 1 atom stereocenters. The van der Waals surface area contributed by atoms with Gasteiger partial charge in [-0.05, 0) is 32.4 Å². The molecular weight excluding hydrogens is 366 g/mol. The number of nitrogens with zero attached hydrogens (tertiary/aromatic N) is 5. The van der Waals surface area contributed by atoms with Gasteiger partial charge in [-0.3, -0.25) is 14.2 Å². The Morgan fingerprint density at radius 1 is 1.17 bits per heavy atom. The van der Waals surface area contributed by atoms with Crippen molar-refractivity contribution < 1.29 is 9.53 Å². The second-order valence-corrected chi connectivity index (χ2v) is 7.61. The number of aryl methyl sites for hydroxylation is 3. The maximum atomic E-state index is 13.3. The zero-order chi connectivity index (χ0) is 20.5. The van der Waals surface area contributed by atoms with Crippen molar-refractivity contribution in [1.29, 1.82) is 0 Å². The highest BCUT2D eigenvalue weighted by Crippen LogP contribution is 2.31. The van der Waals surface area contributed by atoms with Gasteiger partial charge in [-0.2, -0.15) is 10.2 Å². The van der Waals surface area contributed by atoms with Crippen molar-refractivity contribution in [3.05, 3.63) is 70.3 Å². The fraction of sp³-hybridized carbons (Fsp3) is 0.409. The van der Waals surface area contributed by atoms with Gasteiger partial charge in [0, 0.05) is 24.8 Å². The van der Waals surface area contributed by atoms with Gasteiger partial charge in [0.1, 0.15) is 5.69 Å². The summed E-state index contributed by atoms with van der Waals surface area (Å²) < 4.78 is 9.45. The highest BCUT2D eigenvalue weighted by molar-refractivity contribution is 5.93. The van der Waals surface area contributed by atoms with Crippen LogP contribution in [0.1, 0.15) is 44.7 Å². The Balaban J connectivity index is 1.67. The van der Waals surface area contributed by atoms with Crippen LogP contribution < -0.4 is 0 Å². The molecule has 152 valence electrons. The average molecular weight is 393 g/mol. The molecule has 7 heteroatoms. The molecule has 1 amide bonds. The van der Waals surface area contributed by atoms with Crippen molar-refractivity contribution in [2.45, 2.75) is 33.4 Å². The van der Waals surface area contributed by atoms with Gasteiger partial charge < -0.3 is 9.64 Å². The third-order valence-corrected chi connectivity index (χ3v) is 5.56. The van der Waals surface area contributed by atoms with Gasteiger partial charge in [-0.15, -0.1) is 0 Å². The summed E-state index contributed by atoms with van der Waals surface area (Å²) in [6.45, 7) is 8.25. The number of hydrogen-bond acceptors (Lipinski definition) is 4. The van der Waals surface area contributed by atoms with Gasteiger partial charge in [0.05, 0.1) is 37.2 Å². The van der Waals surface area contributed by atoms with E-state index in [4.69, 9.17) is 9.84 Å². The number of carbonyl (C=O) groups excluding carboxylic acids is 1. The zero-order valence-corrected chi connectivity index (χ0v) is 17.4. The molecule has 1 aliphatic heterocycles. The fourth-order valence-electron chi connectivity index (χ4n) is 4.15. The van der Waals surface area contributed by atoms with Crippen LogP contribution in [0.3, 0.4) is 0 Å². The lowest BCUT2D eigenvalue weighted by molar-refractivity contribution is -0.00361. The van der Waals surface area contributed by atoms with E-state index < -0.39 is 0 Å². The second-order valence-electron chi connectivity index (χ2n) is 7.61. The van der Waals surface area contributed by atoms with Gasteiger partial charge in [0.2, 0.25) is 0 Å². The Labute approximate surface area is 170 Å². The minimum Gasteiger partial charge on any atom is -0.377 e. The predicted molar refractivity (Wildman–Crippen MR) is 110 cm³/mol. The largest absolute Gasteiger partial charge is 0.377 e. The molecule has 2 aromatic heterocycles. The summed E-state index contributed by atoms with van der Waals surface area (Å²) in [7, 11) is 1.81. The Morgan fingerprint density at radius 2 is 1.93 bits per heavy atom. The first-order valence-electron chi connectivity index (χ1n) is 9.93. The van der Waals surface area contributed by atoms with Gasteiger partial charge in [-0.1, -0.05) is 30.3 Å². The molecule has 4 rings (SSSR count). The standard InChI is InChI=1S/C22H27N5O2/c1-15-12-19(25(4)23-15)22(28)26-10-11-29-14-20(26)21-16(2)24-27(17(21)3)13-18-8-6-5-7-9-18/h5-9,12,20H,10-11,13-14H2,1-4H3/t20-/m1/s1. The number of hydrogen-bond donors (Lipinski definition) is 0. The van der Waals surface area contributed by atoms with Crippen LogP contribution in [0.2, 0.25) is 0 Å². The molecule has 0 bridgehead atoms. The lowest BCUT2D eigenvalue weighted by Crippen LogP contribution is -2.44. The summed E-state index contributed by atoms with van der Waals surface area (Å²) in [5, 5.41) is 9.11. The molecular formula is C22H27N5O2. The maximum absolute atomic E-state index is 13.3. The molecule has 0 unspecified atom stereocenters. The van der Waals surface area contributed by atoms with Crippen molar-refractivity contribution in [3.8, 4) is 0 Å². The van der Waals surface area contributed by atoms with Crippen molar-refractivity contribution in [2.75, 3.05) is 19.8 Å². The smallest absolute Gasteiger partial charge is 0.272 e. The number of rotatable bonds is 4. The van der Waals surface area contributed by atoms with E-state index in [9.17, 15) is 4.79 Å². The molecule has 1 aliphatic rings. The van der Waals surface area contributed by atoms with E-state index in [0.29, 0.717) is 32.0 Å². The SMILES string of the molecule is Cc1cc(C(=O)N2CCOC[C@@H]2c2c(C)nn(Cc3ccccc3)c2C)n(C)n1. The number of aromatic nitrogens is 4. The van der Waals surface area contributed by atoms with Gasteiger partial charge in [-0.25, -0.2) is 0 Å². The molecule has 7 nitrogen and oxygen atoms in total. The Morgan fingerprint density at radius 3 is 2.62 bits per heavy atom. The van der Waals surface area contributed by atoms with Crippen molar-refractivity contribution in [1.82, 2.24) is 24.5 Å². The van der Waals surface area contributed by atoms with E-state index in [1.807, 2.05) is 54.7 Å². The molecule has 3 aromatic rings. The van der Waals surface area contributed by atoms with Crippen LogP contribution >= 0.6 is 0 Å². The summed E-state index contributed by atoms with van der Waals surface area (Å²) in [6, 6.07) is 12.0. The number of benzene rings is 1. The first kappa shape index (κ1) is 19.4. The highest BCUT2D eigenvalue weighted by atomic mass is 16.5. The summed E-state index contributed by atoms with van der Waals surface area (Å²) in [5.41, 5.74) is 5.72. The van der Waals surface area contributed by atoms with Crippen molar-refractivity contribution >= 4 is 5.91 Å². The normalized spacial score (nSPS) is 17.0. The van der Waals surface area contributed by atoms with E-state index in [0.717, 1.165) is 22.6 Å².